The summed E-state index contributed by atoms with van der Waals surface area (Å²) in [6.07, 6.45) is 0. The fourth-order valence-electron chi connectivity index (χ4n) is 1.14. The largest absolute Gasteiger partial charge is 0.506 e. The van der Waals surface area contributed by atoms with Gasteiger partial charge in [-0.3, -0.25) is 0 Å². The molecule has 82 valence electrons. The topological polar surface area (TPSA) is 70.3 Å². The molecule has 0 aliphatic heterocycles. The van der Waals surface area contributed by atoms with E-state index >= 15 is 0 Å². The highest BCUT2D eigenvalue weighted by Gasteiger charge is 2.17. The second-order valence-corrected chi connectivity index (χ2v) is 2.92. The van der Waals surface area contributed by atoms with Gasteiger partial charge in [-0.15, -0.1) is 0 Å². The van der Waals surface area contributed by atoms with Gasteiger partial charge < -0.3 is 9.84 Å². The van der Waals surface area contributed by atoms with E-state index in [1.54, 1.807) is 43.3 Å². The number of hydrogen-bond donors (Lipinski definition) is 1. The van der Waals surface area contributed by atoms with Gasteiger partial charge >= 0.3 is 5.97 Å². The quantitative estimate of drug-likeness (QED) is 0.364. The molecule has 0 bridgehead atoms. The normalized spacial score (nSPS) is 11.2. The van der Waals surface area contributed by atoms with Gasteiger partial charge in [0.15, 0.2) is 5.57 Å². The zero-order chi connectivity index (χ0) is 12.0. The van der Waals surface area contributed by atoms with Crippen molar-refractivity contribution in [3.63, 3.8) is 0 Å². The van der Waals surface area contributed by atoms with Crippen LogP contribution in [0.15, 0.2) is 35.9 Å². The number of hydrogen-bond acceptors (Lipinski definition) is 4. The molecule has 0 heterocycles. The summed E-state index contributed by atoms with van der Waals surface area (Å²) in [6.45, 7) is 1.79. The molecule has 0 aliphatic carbocycles. The molecule has 0 radical (unpaired) electrons. The number of rotatable bonds is 3. The van der Waals surface area contributed by atoms with Crippen LogP contribution in [0, 0.1) is 11.3 Å². The second kappa shape index (κ2) is 5.56. The first-order valence-corrected chi connectivity index (χ1v) is 4.76. The molecule has 16 heavy (non-hydrogen) atoms. The fraction of sp³-hybridized carbons (Fsp3) is 0.167. The first kappa shape index (κ1) is 11.8. The van der Waals surface area contributed by atoms with E-state index in [2.05, 4.69) is 4.74 Å². The van der Waals surface area contributed by atoms with E-state index < -0.39 is 5.97 Å². The van der Waals surface area contributed by atoms with Crippen LogP contribution in [0.5, 0.6) is 0 Å². The average Bonchev–Trinajstić information content (AvgIpc) is 2.31. The zero-order valence-electron chi connectivity index (χ0n) is 8.80. The fourth-order valence-corrected chi connectivity index (χ4v) is 1.14. The van der Waals surface area contributed by atoms with Crippen molar-refractivity contribution in [3.05, 3.63) is 41.5 Å². The summed E-state index contributed by atoms with van der Waals surface area (Å²) in [4.78, 5) is 11.3. The lowest BCUT2D eigenvalue weighted by Crippen LogP contribution is -2.08. The van der Waals surface area contributed by atoms with E-state index in [-0.39, 0.29) is 17.9 Å². The minimum Gasteiger partial charge on any atom is -0.506 e. The van der Waals surface area contributed by atoms with E-state index in [0.29, 0.717) is 5.56 Å². The van der Waals surface area contributed by atoms with Crippen LogP contribution < -0.4 is 0 Å². The Morgan fingerprint density at radius 1 is 1.44 bits per heavy atom. The minimum absolute atomic E-state index is 0.159. The highest BCUT2D eigenvalue weighted by Crippen LogP contribution is 2.16. The Morgan fingerprint density at radius 2 is 2.06 bits per heavy atom. The highest BCUT2D eigenvalue weighted by molar-refractivity contribution is 5.99. The Hall–Kier alpha value is -2.28. The second-order valence-electron chi connectivity index (χ2n) is 2.92. The molecule has 4 heteroatoms. The number of aliphatic hydroxyl groups is 1. The SMILES string of the molecule is CCOC(=O)/C(C#N)=C(/O)c1ccccc1. The first-order valence-electron chi connectivity index (χ1n) is 4.76. The molecule has 0 unspecified atom stereocenters. The molecule has 0 saturated heterocycles. The first-order chi connectivity index (χ1) is 7.70. The lowest BCUT2D eigenvalue weighted by molar-refractivity contribution is -0.138. The molecule has 1 aromatic rings. The Labute approximate surface area is 93.4 Å². The van der Waals surface area contributed by atoms with Gasteiger partial charge in [-0.25, -0.2) is 4.79 Å². The van der Waals surface area contributed by atoms with Gasteiger partial charge in [-0.2, -0.15) is 5.26 Å². The Bertz CT molecular complexity index is 443. The molecule has 0 aromatic heterocycles. The number of benzene rings is 1. The van der Waals surface area contributed by atoms with Crippen LogP contribution >= 0.6 is 0 Å². The van der Waals surface area contributed by atoms with Crippen molar-refractivity contribution in [1.82, 2.24) is 0 Å². The molecule has 0 amide bonds. The molecule has 0 spiro atoms. The number of nitrogens with zero attached hydrogens (tertiary/aromatic N) is 1. The lowest BCUT2D eigenvalue weighted by Gasteiger charge is -2.03. The number of carbonyl (C=O) groups is 1. The smallest absolute Gasteiger partial charge is 0.352 e. The standard InChI is InChI=1S/C12H11NO3/c1-2-16-12(15)10(8-13)11(14)9-6-4-3-5-7-9/h3-7,14H,2H2,1H3/b11-10+. The van der Waals surface area contributed by atoms with Crippen molar-refractivity contribution < 1.29 is 14.6 Å². The summed E-state index contributed by atoms with van der Waals surface area (Å²) >= 11 is 0. The molecular formula is C12H11NO3. The number of aliphatic hydroxyl groups excluding tert-OH is 1. The van der Waals surface area contributed by atoms with E-state index in [4.69, 9.17) is 5.26 Å². The third-order valence-corrected chi connectivity index (χ3v) is 1.88. The Balaban J connectivity index is 3.11. The number of carbonyl (C=O) groups excluding carboxylic acids is 1. The van der Waals surface area contributed by atoms with Crippen LogP contribution in [0.4, 0.5) is 0 Å². The molecule has 0 saturated carbocycles. The van der Waals surface area contributed by atoms with Gasteiger partial charge in [0.05, 0.1) is 6.61 Å². The van der Waals surface area contributed by atoms with Crippen molar-refractivity contribution in [2.24, 2.45) is 0 Å². The number of esters is 1. The van der Waals surface area contributed by atoms with E-state index in [0.717, 1.165) is 0 Å². The minimum atomic E-state index is -0.814. The van der Waals surface area contributed by atoms with Gasteiger partial charge in [0.25, 0.3) is 0 Å². The maximum absolute atomic E-state index is 11.3. The van der Waals surface area contributed by atoms with Gasteiger partial charge in [0.2, 0.25) is 0 Å². The van der Waals surface area contributed by atoms with Crippen molar-refractivity contribution in [3.8, 4) is 6.07 Å². The molecule has 0 aliphatic rings. The molecule has 1 N–H and O–H groups in total. The molecule has 1 rings (SSSR count). The Morgan fingerprint density at radius 3 is 2.56 bits per heavy atom. The summed E-state index contributed by atoms with van der Waals surface area (Å²) in [5.41, 5.74) is 0.0279. The van der Waals surface area contributed by atoms with E-state index in [1.165, 1.54) is 0 Å². The van der Waals surface area contributed by atoms with Crippen molar-refractivity contribution in [1.29, 1.82) is 5.26 Å². The van der Waals surface area contributed by atoms with Gasteiger partial charge in [-0.05, 0) is 6.92 Å². The van der Waals surface area contributed by atoms with E-state index in [9.17, 15) is 9.90 Å². The predicted molar refractivity (Wildman–Crippen MR) is 58.2 cm³/mol. The summed E-state index contributed by atoms with van der Waals surface area (Å²) < 4.78 is 4.66. The van der Waals surface area contributed by atoms with Gasteiger partial charge in [0, 0.05) is 5.56 Å². The predicted octanol–water partition coefficient (Wildman–Crippen LogP) is 2.04. The number of nitriles is 1. The average molecular weight is 217 g/mol. The van der Waals surface area contributed by atoms with Crippen molar-refractivity contribution >= 4 is 11.7 Å². The zero-order valence-corrected chi connectivity index (χ0v) is 8.80. The molecule has 4 nitrogen and oxygen atoms in total. The lowest BCUT2D eigenvalue weighted by atomic mass is 10.1. The monoisotopic (exact) mass is 217 g/mol. The molecule has 1 aromatic carbocycles. The van der Waals surface area contributed by atoms with Crippen LogP contribution in [0.2, 0.25) is 0 Å². The Kier molecular flexibility index (Phi) is 4.10. The van der Waals surface area contributed by atoms with Crippen LogP contribution in [0.1, 0.15) is 12.5 Å². The van der Waals surface area contributed by atoms with Crippen molar-refractivity contribution in [2.75, 3.05) is 6.61 Å². The highest BCUT2D eigenvalue weighted by atomic mass is 16.5. The molecule has 0 fully saturated rings. The molecular weight excluding hydrogens is 206 g/mol. The molecule has 0 atom stereocenters. The van der Waals surface area contributed by atoms with Crippen LogP contribution in [-0.2, 0) is 9.53 Å². The summed E-state index contributed by atoms with van der Waals surface area (Å²) in [5.74, 6) is -1.17. The van der Waals surface area contributed by atoms with E-state index in [1.807, 2.05) is 0 Å². The van der Waals surface area contributed by atoms with Gasteiger partial charge in [0.1, 0.15) is 11.8 Å². The maximum atomic E-state index is 11.3. The third-order valence-electron chi connectivity index (χ3n) is 1.88. The maximum Gasteiger partial charge on any atom is 0.352 e. The van der Waals surface area contributed by atoms with Crippen LogP contribution in [-0.4, -0.2) is 17.7 Å². The van der Waals surface area contributed by atoms with Gasteiger partial charge in [-0.1, -0.05) is 30.3 Å². The van der Waals surface area contributed by atoms with Crippen LogP contribution in [0.25, 0.3) is 5.76 Å². The number of ether oxygens (including phenoxy) is 1. The summed E-state index contributed by atoms with van der Waals surface area (Å²) in [7, 11) is 0. The summed E-state index contributed by atoms with van der Waals surface area (Å²) in [5, 5.41) is 18.5. The van der Waals surface area contributed by atoms with Crippen molar-refractivity contribution in [2.45, 2.75) is 6.92 Å². The third kappa shape index (κ3) is 2.61. The van der Waals surface area contributed by atoms with Crippen LogP contribution in [0.3, 0.4) is 0 Å². The summed E-state index contributed by atoms with van der Waals surface area (Å²) in [6, 6.07) is 10.0.